The van der Waals surface area contributed by atoms with Gasteiger partial charge in [-0.25, -0.2) is 4.79 Å². The Morgan fingerprint density at radius 2 is 1.64 bits per heavy atom. The van der Waals surface area contributed by atoms with Crippen molar-refractivity contribution in [1.29, 1.82) is 0 Å². The zero-order valence-corrected chi connectivity index (χ0v) is 22.6. The third kappa shape index (κ3) is 6.67. The van der Waals surface area contributed by atoms with E-state index in [0.717, 1.165) is 49.5 Å². The molecular weight excluding hydrogens is 492 g/mol. The predicted octanol–water partition coefficient (Wildman–Crippen LogP) is 4.69. The van der Waals surface area contributed by atoms with Gasteiger partial charge in [-0.1, -0.05) is 54.6 Å². The van der Waals surface area contributed by atoms with E-state index >= 15 is 0 Å². The van der Waals surface area contributed by atoms with Crippen LogP contribution in [0.5, 0.6) is 5.75 Å². The molecule has 7 heteroatoms. The molecule has 0 unspecified atom stereocenters. The van der Waals surface area contributed by atoms with Crippen molar-refractivity contribution in [2.75, 3.05) is 46.9 Å². The molecule has 2 fully saturated rings. The number of methoxy groups -OCH3 is 2. The van der Waals surface area contributed by atoms with Crippen LogP contribution in [0, 0.1) is 5.92 Å². The number of rotatable bonds is 10. The van der Waals surface area contributed by atoms with Crippen LogP contribution < -0.4 is 4.74 Å². The van der Waals surface area contributed by atoms with Crippen LogP contribution in [0.4, 0.5) is 0 Å². The smallest absolute Gasteiger partial charge is 0.337 e. The maximum Gasteiger partial charge on any atom is 0.337 e. The van der Waals surface area contributed by atoms with Crippen LogP contribution in [-0.4, -0.2) is 68.6 Å². The van der Waals surface area contributed by atoms with Crippen molar-refractivity contribution in [2.24, 2.45) is 5.92 Å². The Morgan fingerprint density at radius 1 is 0.897 bits per heavy atom. The third-order valence-corrected chi connectivity index (χ3v) is 7.74. The van der Waals surface area contributed by atoms with Crippen LogP contribution in [0.3, 0.4) is 0 Å². The van der Waals surface area contributed by atoms with Gasteiger partial charge in [0.1, 0.15) is 5.75 Å². The summed E-state index contributed by atoms with van der Waals surface area (Å²) in [5, 5.41) is 0. The number of ether oxygens (including phenoxy) is 3. The Balaban J connectivity index is 1.19. The summed E-state index contributed by atoms with van der Waals surface area (Å²) in [6, 6.07) is 25.6. The second kappa shape index (κ2) is 12.5. The number of esters is 1. The number of hydrogen-bond acceptors (Lipinski definition) is 6. The number of carbonyl (C=O) groups is 2. The molecule has 1 aliphatic heterocycles. The van der Waals surface area contributed by atoms with Gasteiger partial charge in [-0.3, -0.25) is 9.69 Å². The highest BCUT2D eigenvalue weighted by atomic mass is 16.5. The fraction of sp³-hybridized carbons (Fsp3) is 0.375. The van der Waals surface area contributed by atoms with Crippen LogP contribution in [0.1, 0.15) is 45.5 Å². The number of amides is 1. The summed E-state index contributed by atoms with van der Waals surface area (Å²) in [6.45, 7) is 4.21. The zero-order chi connectivity index (χ0) is 27.2. The fourth-order valence-electron chi connectivity index (χ4n) is 5.30. The summed E-state index contributed by atoms with van der Waals surface area (Å²) in [4.78, 5) is 29.3. The van der Waals surface area contributed by atoms with Gasteiger partial charge in [-0.15, -0.1) is 0 Å². The lowest BCUT2D eigenvalue weighted by Crippen LogP contribution is -2.50. The highest BCUT2D eigenvalue weighted by Crippen LogP contribution is 2.48. The summed E-state index contributed by atoms with van der Waals surface area (Å²) >= 11 is 0. The van der Waals surface area contributed by atoms with Crippen molar-refractivity contribution < 1.29 is 23.8 Å². The Labute approximate surface area is 230 Å². The molecule has 1 aliphatic carbocycles. The molecule has 204 valence electrons. The van der Waals surface area contributed by atoms with E-state index in [1.165, 1.54) is 12.7 Å². The monoisotopic (exact) mass is 528 g/mol. The summed E-state index contributed by atoms with van der Waals surface area (Å²) in [5.74, 6) is 1.21. The van der Waals surface area contributed by atoms with E-state index in [1.54, 1.807) is 19.2 Å². The normalized spacial score (nSPS) is 19.8. The molecule has 39 heavy (non-hydrogen) atoms. The molecule has 3 atom stereocenters. The second-order valence-corrected chi connectivity index (χ2v) is 10.3. The van der Waals surface area contributed by atoms with E-state index in [9.17, 15) is 9.59 Å². The molecule has 0 aromatic heterocycles. The highest BCUT2D eigenvalue weighted by Gasteiger charge is 2.46. The molecule has 5 rings (SSSR count). The summed E-state index contributed by atoms with van der Waals surface area (Å²) in [7, 11) is 3.04. The van der Waals surface area contributed by atoms with Gasteiger partial charge in [-0.2, -0.15) is 0 Å². The number of carbonyl (C=O) groups excluding carboxylic acids is 2. The number of hydrogen-bond donors (Lipinski definition) is 0. The second-order valence-electron chi connectivity index (χ2n) is 10.3. The average molecular weight is 529 g/mol. The molecule has 1 saturated carbocycles. The van der Waals surface area contributed by atoms with E-state index < -0.39 is 0 Å². The minimum atomic E-state index is -0.355. The van der Waals surface area contributed by atoms with Crippen molar-refractivity contribution in [2.45, 2.75) is 25.0 Å². The maximum atomic E-state index is 13.1. The molecule has 1 heterocycles. The van der Waals surface area contributed by atoms with Gasteiger partial charge in [-0.05, 0) is 53.3 Å². The number of nitrogens with zero attached hydrogens (tertiary/aromatic N) is 2. The van der Waals surface area contributed by atoms with Crippen LogP contribution in [0.25, 0.3) is 0 Å². The average Bonchev–Trinajstić information content (AvgIpc) is 3.81. The van der Waals surface area contributed by atoms with E-state index in [2.05, 4.69) is 23.1 Å². The van der Waals surface area contributed by atoms with E-state index in [-0.39, 0.29) is 18.0 Å². The van der Waals surface area contributed by atoms with Crippen LogP contribution in [0.15, 0.2) is 78.9 Å². The lowest BCUT2D eigenvalue weighted by Gasteiger charge is -2.36. The standard InChI is InChI=1S/C32H36N2O5/c1-37-27-10-6-9-26(19-27)30(39-22-23-11-13-25(14-12-23)32(36)38-2)21-33-15-17-34(18-16-33)31(35)29-20-28(29)24-7-4-3-5-8-24/h3-14,19,28-30H,15-18,20-22H2,1-2H3/t28-,29-,30-/m0/s1. The van der Waals surface area contributed by atoms with Gasteiger partial charge in [0.25, 0.3) is 0 Å². The predicted molar refractivity (Wildman–Crippen MR) is 149 cm³/mol. The minimum absolute atomic E-state index is 0.123. The topological polar surface area (TPSA) is 68.3 Å². The summed E-state index contributed by atoms with van der Waals surface area (Å²) in [6.07, 6.45) is 0.781. The van der Waals surface area contributed by atoms with E-state index in [4.69, 9.17) is 14.2 Å². The molecule has 1 amide bonds. The minimum Gasteiger partial charge on any atom is -0.497 e. The molecule has 0 bridgehead atoms. The van der Waals surface area contributed by atoms with Crippen LogP contribution >= 0.6 is 0 Å². The van der Waals surface area contributed by atoms with Crippen molar-refractivity contribution in [3.63, 3.8) is 0 Å². The van der Waals surface area contributed by atoms with Gasteiger partial charge >= 0.3 is 5.97 Å². The first kappa shape index (κ1) is 26.9. The Bertz CT molecular complexity index is 1260. The van der Waals surface area contributed by atoms with Gasteiger partial charge in [0.05, 0.1) is 32.5 Å². The largest absolute Gasteiger partial charge is 0.497 e. The van der Waals surface area contributed by atoms with Crippen molar-refractivity contribution >= 4 is 11.9 Å². The first-order valence-electron chi connectivity index (χ1n) is 13.5. The Hall–Kier alpha value is -3.68. The Morgan fingerprint density at radius 3 is 2.33 bits per heavy atom. The third-order valence-electron chi connectivity index (χ3n) is 7.74. The number of piperazine rings is 1. The lowest BCUT2D eigenvalue weighted by atomic mass is 10.1. The first-order chi connectivity index (χ1) is 19.1. The molecule has 7 nitrogen and oxygen atoms in total. The molecular formula is C32H36N2O5. The highest BCUT2D eigenvalue weighted by molar-refractivity contribution is 5.89. The molecule has 0 spiro atoms. The van der Waals surface area contributed by atoms with Crippen LogP contribution in [0.2, 0.25) is 0 Å². The molecule has 3 aromatic carbocycles. The van der Waals surface area contributed by atoms with E-state index in [1.807, 2.05) is 53.4 Å². The van der Waals surface area contributed by atoms with Crippen molar-refractivity contribution in [1.82, 2.24) is 9.80 Å². The molecule has 0 N–H and O–H groups in total. The van der Waals surface area contributed by atoms with Crippen molar-refractivity contribution in [3.8, 4) is 5.75 Å². The molecule has 1 saturated heterocycles. The molecule has 2 aliphatic rings. The van der Waals surface area contributed by atoms with Gasteiger partial charge in [0.15, 0.2) is 0 Å². The number of benzene rings is 3. The Kier molecular flexibility index (Phi) is 8.59. The zero-order valence-electron chi connectivity index (χ0n) is 22.6. The van der Waals surface area contributed by atoms with Gasteiger partial charge in [0.2, 0.25) is 5.91 Å². The van der Waals surface area contributed by atoms with Gasteiger partial charge in [0, 0.05) is 38.6 Å². The van der Waals surface area contributed by atoms with Gasteiger partial charge < -0.3 is 19.1 Å². The molecule has 3 aromatic rings. The lowest BCUT2D eigenvalue weighted by molar-refractivity contribution is -0.134. The van der Waals surface area contributed by atoms with Crippen molar-refractivity contribution in [3.05, 3.63) is 101 Å². The van der Waals surface area contributed by atoms with E-state index in [0.29, 0.717) is 30.5 Å². The molecule has 0 radical (unpaired) electrons. The fourth-order valence-corrected chi connectivity index (χ4v) is 5.30. The van der Waals surface area contributed by atoms with Crippen LogP contribution in [-0.2, 0) is 20.9 Å². The summed E-state index contributed by atoms with van der Waals surface area (Å²) in [5.41, 5.74) is 3.80. The maximum absolute atomic E-state index is 13.1. The summed E-state index contributed by atoms with van der Waals surface area (Å²) < 4.78 is 16.7. The first-order valence-corrected chi connectivity index (χ1v) is 13.5. The SMILES string of the molecule is COC(=O)c1ccc(CO[C@@H](CN2CCN(C(=O)[C@H]3C[C@H]3c3ccccc3)CC2)c2cccc(OC)c2)cc1. The quantitative estimate of drug-likeness (QED) is 0.356.